The molecule has 1 aliphatic rings. The first-order valence-corrected chi connectivity index (χ1v) is 10.1. The van der Waals surface area contributed by atoms with Gasteiger partial charge in [-0.15, -0.1) is 0 Å². The second-order valence-corrected chi connectivity index (χ2v) is 7.95. The van der Waals surface area contributed by atoms with Gasteiger partial charge in [0, 0.05) is 26.2 Å². The van der Waals surface area contributed by atoms with E-state index in [2.05, 4.69) is 0 Å². The monoisotopic (exact) mass is 354 g/mol. The molecule has 0 aromatic heterocycles. The molecule has 1 amide bonds. The molecule has 0 atom stereocenters. The Kier molecular flexibility index (Phi) is 7.05. The van der Waals surface area contributed by atoms with E-state index in [0.29, 0.717) is 45.6 Å². The summed E-state index contributed by atoms with van der Waals surface area (Å²) in [6, 6.07) is 9.38. The van der Waals surface area contributed by atoms with Crippen molar-refractivity contribution in [1.82, 2.24) is 9.21 Å². The van der Waals surface area contributed by atoms with Crippen LogP contribution in [-0.2, 0) is 14.8 Å². The van der Waals surface area contributed by atoms with Crippen LogP contribution in [0.4, 0.5) is 0 Å². The molecule has 24 heavy (non-hydrogen) atoms. The highest BCUT2D eigenvalue weighted by molar-refractivity contribution is 7.89. The van der Waals surface area contributed by atoms with E-state index in [0.717, 1.165) is 12.2 Å². The maximum atomic E-state index is 12.2. The highest BCUT2D eigenvalue weighted by Crippen LogP contribution is 2.12. The van der Waals surface area contributed by atoms with Crippen molar-refractivity contribution in [2.45, 2.75) is 26.2 Å². The molecule has 6 nitrogen and oxygen atoms in total. The van der Waals surface area contributed by atoms with Gasteiger partial charge in [0.25, 0.3) is 0 Å². The normalized spacial score (nSPS) is 16.1. The Bertz CT molecular complexity index is 611. The fourth-order valence-corrected chi connectivity index (χ4v) is 4.23. The molecule has 0 bridgehead atoms. The van der Waals surface area contributed by atoms with Gasteiger partial charge in [-0.1, -0.05) is 31.5 Å². The predicted octanol–water partition coefficient (Wildman–Crippen LogP) is 1.73. The molecule has 1 aromatic carbocycles. The number of ether oxygens (including phenoxy) is 1. The van der Waals surface area contributed by atoms with E-state index in [1.54, 1.807) is 4.90 Å². The molecular weight excluding hydrogens is 328 g/mol. The number of benzene rings is 1. The molecule has 0 aliphatic carbocycles. The van der Waals surface area contributed by atoms with E-state index in [-0.39, 0.29) is 11.7 Å². The maximum absolute atomic E-state index is 12.2. The summed E-state index contributed by atoms with van der Waals surface area (Å²) in [5.74, 6) is 0.955. The standard InChI is InChI=1S/C17H26N2O4S/c1-2-3-15-24(21,22)19-12-10-18(11-13-19)17(20)9-14-23-16-7-5-4-6-8-16/h4-8H,2-3,9-15H2,1H3. The lowest BCUT2D eigenvalue weighted by atomic mass is 10.3. The molecule has 0 N–H and O–H groups in total. The molecule has 1 aliphatic heterocycles. The van der Waals surface area contributed by atoms with Crippen molar-refractivity contribution in [3.05, 3.63) is 30.3 Å². The van der Waals surface area contributed by atoms with Gasteiger partial charge >= 0.3 is 0 Å². The third-order valence-electron chi connectivity index (χ3n) is 4.07. The quantitative estimate of drug-likeness (QED) is 0.713. The largest absolute Gasteiger partial charge is 0.493 e. The van der Waals surface area contributed by atoms with Crippen LogP contribution in [0.3, 0.4) is 0 Å². The highest BCUT2D eigenvalue weighted by Gasteiger charge is 2.28. The van der Waals surface area contributed by atoms with Crippen molar-refractivity contribution in [1.29, 1.82) is 0 Å². The van der Waals surface area contributed by atoms with Crippen molar-refractivity contribution in [2.75, 3.05) is 38.5 Å². The summed E-state index contributed by atoms with van der Waals surface area (Å²) < 4.78 is 31.3. The molecule has 0 saturated carbocycles. The van der Waals surface area contributed by atoms with Crippen molar-refractivity contribution in [2.24, 2.45) is 0 Å². The van der Waals surface area contributed by atoms with Gasteiger partial charge in [-0.3, -0.25) is 4.79 Å². The number of nitrogens with zero attached hydrogens (tertiary/aromatic N) is 2. The smallest absolute Gasteiger partial charge is 0.226 e. The fraction of sp³-hybridized carbons (Fsp3) is 0.588. The molecule has 0 unspecified atom stereocenters. The number of piperazine rings is 1. The van der Waals surface area contributed by atoms with Gasteiger partial charge in [0.15, 0.2) is 0 Å². The molecule has 1 fully saturated rings. The van der Waals surface area contributed by atoms with Crippen LogP contribution in [0, 0.1) is 0 Å². The average molecular weight is 354 g/mol. The first-order valence-electron chi connectivity index (χ1n) is 8.46. The minimum atomic E-state index is -3.18. The Morgan fingerprint density at radius 1 is 1.12 bits per heavy atom. The van der Waals surface area contributed by atoms with Crippen LogP contribution in [0.1, 0.15) is 26.2 Å². The molecule has 2 rings (SSSR count). The number of rotatable bonds is 8. The fourth-order valence-electron chi connectivity index (χ4n) is 2.60. The Balaban J connectivity index is 1.72. The Hall–Kier alpha value is -1.60. The van der Waals surface area contributed by atoms with Gasteiger partial charge in [-0.2, -0.15) is 4.31 Å². The van der Waals surface area contributed by atoms with Crippen molar-refractivity contribution in [3.8, 4) is 5.75 Å². The predicted molar refractivity (Wildman–Crippen MR) is 93.4 cm³/mol. The number of amides is 1. The summed E-state index contributed by atoms with van der Waals surface area (Å²) in [4.78, 5) is 13.9. The van der Waals surface area contributed by atoms with Crippen molar-refractivity contribution < 1.29 is 17.9 Å². The summed E-state index contributed by atoms with van der Waals surface area (Å²) in [6.07, 6.45) is 1.84. The summed E-state index contributed by atoms with van der Waals surface area (Å²) >= 11 is 0. The van der Waals surface area contributed by atoms with Crippen molar-refractivity contribution >= 4 is 15.9 Å². The van der Waals surface area contributed by atoms with Gasteiger partial charge in [0.1, 0.15) is 5.75 Å². The second kappa shape index (κ2) is 9.03. The molecule has 0 spiro atoms. The number of hydrogen-bond acceptors (Lipinski definition) is 4. The zero-order valence-corrected chi connectivity index (χ0v) is 15.0. The first kappa shape index (κ1) is 18.7. The second-order valence-electron chi connectivity index (χ2n) is 5.86. The Morgan fingerprint density at radius 3 is 2.42 bits per heavy atom. The van der Waals surface area contributed by atoms with E-state index in [1.807, 2.05) is 37.3 Å². The maximum Gasteiger partial charge on any atom is 0.226 e. The zero-order chi connectivity index (χ0) is 17.4. The average Bonchev–Trinajstić information content (AvgIpc) is 2.61. The van der Waals surface area contributed by atoms with Gasteiger partial charge in [0.05, 0.1) is 18.8 Å². The molecule has 134 valence electrons. The SMILES string of the molecule is CCCCS(=O)(=O)N1CCN(C(=O)CCOc2ccccc2)CC1. The Labute approximate surface area is 144 Å². The van der Waals surface area contributed by atoms with Crippen molar-refractivity contribution in [3.63, 3.8) is 0 Å². The number of carbonyl (C=O) groups excluding carboxylic acids is 1. The molecule has 1 heterocycles. The molecule has 7 heteroatoms. The van der Waals surface area contributed by atoms with Crippen LogP contribution < -0.4 is 4.74 Å². The summed E-state index contributed by atoms with van der Waals surface area (Å²) in [7, 11) is -3.18. The van der Waals surface area contributed by atoms with Crippen LogP contribution in [-0.4, -0.2) is 62.1 Å². The number of hydrogen-bond donors (Lipinski definition) is 0. The van der Waals surface area contributed by atoms with Gasteiger partial charge in [-0.05, 0) is 18.6 Å². The lowest BCUT2D eigenvalue weighted by molar-refractivity contribution is -0.132. The topological polar surface area (TPSA) is 66.9 Å². The van der Waals surface area contributed by atoms with E-state index in [9.17, 15) is 13.2 Å². The minimum absolute atomic E-state index is 0.0107. The van der Waals surface area contributed by atoms with E-state index < -0.39 is 10.0 Å². The van der Waals surface area contributed by atoms with Crippen LogP contribution in [0.25, 0.3) is 0 Å². The van der Waals surface area contributed by atoms with E-state index in [1.165, 1.54) is 4.31 Å². The number of para-hydroxylation sites is 1. The van der Waals surface area contributed by atoms with Crippen LogP contribution in [0.2, 0.25) is 0 Å². The molecular formula is C17H26N2O4S. The number of unbranched alkanes of at least 4 members (excludes halogenated alkanes) is 1. The first-order chi connectivity index (χ1) is 11.5. The Morgan fingerprint density at radius 2 is 1.79 bits per heavy atom. The van der Waals surface area contributed by atoms with Crippen LogP contribution in [0.15, 0.2) is 30.3 Å². The van der Waals surface area contributed by atoms with Crippen LogP contribution >= 0.6 is 0 Å². The summed E-state index contributed by atoms with van der Waals surface area (Å²) in [6.45, 7) is 3.99. The van der Waals surface area contributed by atoms with Gasteiger partial charge in [-0.25, -0.2) is 8.42 Å². The van der Waals surface area contributed by atoms with Gasteiger partial charge in [0.2, 0.25) is 15.9 Å². The number of sulfonamides is 1. The summed E-state index contributed by atoms with van der Waals surface area (Å²) in [5.41, 5.74) is 0. The number of carbonyl (C=O) groups is 1. The third kappa shape index (κ3) is 5.49. The molecule has 1 saturated heterocycles. The molecule has 1 aromatic rings. The molecule has 0 radical (unpaired) electrons. The van der Waals surface area contributed by atoms with E-state index in [4.69, 9.17) is 4.74 Å². The van der Waals surface area contributed by atoms with Gasteiger partial charge < -0.3 is 9.64 Å². The highest BCUT2D eigenvalue weighted by atomic mass is 32.2. The van der Waals surface area contributed by atoms with E-state index >= 15 is 0 Å². The zero-order valence-electron chi connectivity index (χ0n) is 14.2. The lowest BCUT2D eigenvalue weighted by Crippen LogP contribution is -2.51. The summed E-state index contributed by atoms with van der Waals surface area (Å²) in [5, 5.41) is 0. The lowest BCUT2D eigenvalue weighted by Gasteiger charge is -2.34. The van der Waals surface area contributed by atoms with Crippen LogP contribution in [0.5, 0.6) is 5.75 Å². The minimum Gasteiger partial charge on any atom is -0.493 e. The third-order valence-corrected chi connectivity index (χ3v) is 6.02.